The van der Waals surface area contributed by atoms with Crippen molar-refractivity contribution in [3.63, 3.8) is 0 Å². The monoisotopic (exact) mass is 250 g/mol. The molecule has 2 rings (SSSR count). The van der Waals surface area contributed by atoms with E-state index in [4.69, 9.17) is 0 Å². The molecule has 100 valence electrons. The molecule has 2 heterocycles. The average Bonchev–Trinajstić information content (AvgIpc) is 2.76. The first-order chi connectivity index (χ1) is 8.66. The molecule has 1 saturated heterocycles. The van der Waals surface area contributed by atoms with Gasteiger partial charge in [0.1, 0.15) is 5.78 Å². The summed E-state index contributed by atoms with van der Waals surface area (Å²) in [6, 6.07) is 0. The van der Waals surface area contributed by atoms with Gasteiger partial charge in [-0.2, -0.15) is 0 Å². The Morgan fingerprint density at radius 2 is 2.44 bits per heavy atom. The third-order valence-corrected chi connectivity index (χ3v) is 3.78. The van der Waals surface area contributed by atoms with Crippen LogP contribution in [-0.4, -0.2) is 33.9 Å². The Labute approximate surface area is 108 Å². The summed E-state index contributed by atoms with van der Waals surface area (Å²) in [7, 11) is 1.82. The van der Waals surface area contributed by atoms with Crippen LogP contribution in [0.1, 0.15) is 38.3 Å². The van der Waals surface area contributed by atoms with Crippen molar-refractivity contribution in [2.24, 2.45) is 12.5 Å². The van der Waals surface area contributed by atoms with E-state index in [0.717, 1.165) is 44.5 Å². The van der Waals surface area contributed by atoms with Gasteiger partial charge in [-0.1, -0.05) is 18.6 Å². The van der Waals surface area contributed by atoms with Crippen molar-refractivity contribution in [3.05, 3.63) is 11.9 Å². The number of nitrogens with one attached hydrogen (secondary N) is 1. The Balaban J connectivity index is 2.08. The molecule has 1 aliphatic rings. The van der Waals surface area contributed by atoms with Crippen LogP contribution < -0.4 is 5.32 Å². The number of piperidine rings is 1. The first-order valence-electron chi connectivity index (χ1n) is 6.75. The number of carbonyl (C=O) groups is 1. The van der Waals surface area contributed by atoms with E-state index in [1.165, 1.54) is 0 Å². The number of hydrogen-bond donors (Lipinski definition) is 1. The average molecular weight is 250 g/mol. The van der Waals surface area contributed by atoms with Gasteiger partial charge in [0.25, 0.3) is 0 Å². The number of nitrogens with zero attached hydrogens (tertiary/aromatic N) is 3. The first kappa shape index (κ1) is 13.2. The van der Waals surface area contributed by atoms with Gasteiger partial charge in [-0.05, 0) is 25.8 Å². The quantitative estimate of drug-likeness (QED) is 0.850. The lowest BCUT2D eigenvalue weighted by Crippen LogP contribution is -2.46. The molecule has 0 bridgehead atoms. The van der Waals surface area contributed by atoms with Crippen LogP contribution in [0.15, 0.2) is 6.20 Å². The Morgan fingerprint density at radius 3 is 3.00 bits per heavy atom. The minimum Gasteiger partial charge on any atom is -0.316 e. The molecule has 1 aromatic rings. The number of ketones is 1. The number of hydrogen-bond acceptors (Lipinski definition) is 4. The SMILES string of the molecule is CCCC1(C(=O)Cc2cn(C)nn2)CCCNC1. The summed E-state index contributed by atoms with van der Waals surface area (Å²) in [5, 5.41) is 11.3. The van der Waals surface area contributed by atoms with E-state index >= 15 is 0 Å². The highest BCUT2D eigenvalue weighted by Gasteiger charge is 2.38. The molecule has 1 unspecified atom stereocenters. The van der Waals surface area contributed by atoms with Crippen LogP contribution in [0, 0.1) is 5.41 Å². The zero-order valence-corrected chi connectivity index (χ0v) is 11.3. The Morgan fingerprint density at radius 1 is 1.61 bits per heavy atom. The third kappa shape index (κ3) is 2.77. The standard InChI is InChI=1S/C13H22N4O/c1-3-5-13(6-4-7-14-10-13)12(18)8-11-9-17(2)16-15-11/h9,14H,3-8,10H2,1-2H3. The van der Waals surface area contributed by atoms with E-state index in [0.29, 0.717) is 12.2 Å². The lowest BCUT2D eigenvalue weighted by molar-refractivity contribution is -0.129. The summed E-state index contributed by atoms with van der Waals surface area (Å²) >= 11 is 0. The third-order valence-electron chi connectivity index (χ3n) is 3.78. The van der Waals surface area contributed by atoms with Gasteiger partial charge in [0.2, 0.25) is 0 Å². The van der Waals surface area contributed by atoms with Gasteiger partial charge in [0.05, 0.1) is 12.1 Å². The lowest BCUT2D eigenvalue weighted by atomic mass is 9.72. The summed E-state index contributed by atoms with van der Waals surface area (Å²) in [6.45, 7) is 4.00. The minimum atomic E-state index is -0.176. The molecule has 1 N–H and O–H groups in total. The van der Waals surface area contributed by atoms with E-state index in [1.807, 2.05) is 13.2 Å². The molecule has 0 amide bonds. The number of Topliss-reactive ketones (excluding diaryl/α,β-unsaturated/α-hetero) is 1. The van der Waals surface area contributed by atoms with Crippen LogP contribution in [0.5, 0.6) is 0 Å². The number of aromatic nitrogens is 3. The van der Waals surface area contributed by atoms with Crippen molar-refractivity contribution >= 4 is 5.78 Å². The number of aryl methyl sites for hydroxylation is 1. The highest BCUT2D eigenvalue weighted by molar-refractivity contribution is 5.86. The summed E-state index contributed by atoms with van der Waals surface area (Å²) in [4.78, 5) is 12.6. The molecule has 0 saturated carbocycles. The zero-order chi connectivity index (χ0) is 13.0. The summed E-state index contributed by atoms with van der Waals surface area (Å²) in [5.74, 6) is 0.317. The molecule has 5 nitrogen and oxygen atoms in total. The van der Waals surface area contributed by atoms with E-state index in [2.05, 4.69) is 22.6 Å². The van der Waals surface area contributed by atoms with Crippen LogP contribution in [0.3, 0.4) is 0 Å². The Hall–Kier alpha value is -1.23. The zero-order valence-electron chi connectivity index (χ0n) is 11.3. The molecule has 0 spiro atoms. The second-order valence-corrected chi connectivity index (χ2v) is 5.29. The molecular formula is C13H22N4O. The molecule has 5 heteroatoms. The maximum absolute atomic E-state index is 12.6. The van der Waals surface area contributed by atoms with Gasteiger partial charge in [0.15, 0.2) is 0 Å². The summed E-state index contributed by atoms with van der Waals surface area (Å²) in [6.07, 6.45) is 6.36. The molecule has 0 aliphatic carbocycles. The fourth-order valence-corrected chi connectivity index (χ4v) is 2.87. The minimum absolute atomic E-state index is 0.176. The van der Waals surface area contributed by atoms with Crippen LogP contribution in [0.4, 0.5) is 0 Å². The molecule has 1 aliphatic heterocycles. The van der Waals surface area contributed by atoms with Gasteiger partial charge >= 0.3 is 0 Å². The Bertz CT molecular complexity index is 401. The lowest BCUT2D eigenvalue weighted by Gasteiger charge is -2.36. The van der Waals surface area contributed by atoms with Crippen molar-refractivity contribution in [1.82, 2.24) is 20.3 Å². The van der Waals surface area contributed by atoms with Gasteiger partial charge in [-0.3, -0.25) is 9.48 Å². The second kappa shape index (κ2) is 5.61. The molecular weight excluding hydrogens is 228 g/mol. The highest BCUT2D eigenvalue weighted by atomic mass is 16.1. The predicted octanol–water partition coefficient (Wildman–Crippen LogP) is 1.10. The molecule has 1 fully saturated rings. The van der Waals surface area contributed by atoms with Crippen molar-refractivity contribution in [1.29, 1.82) is 0 Å². The first-order valence-corrected chi connectivity index (χ1v) is 6.75. The summed E-state index contributed by atoms with van der Waals surface area (Å²) < 4.78 is 1.65. The van der Waals surface area contributed by atoms with E-state index in [9.17, 15) is 4.79 Å². The smallest absolute Gasteiger partial charge is 0.146 e. The summed E-state index contributed by atoms with van der Waals surface area (Å²) in [5.41, 5.74) is 0.605. The van der Waals surface area contributed by atoms with Crippen molar-refractivity contribution < 1.29 is 4.79 Å². The van der Waals surface area contributed by atoms with Crippen molar-refractivity contribution in [3.8, 4) is 0 Å². The van der Waals surface area contributed by atoms with Crippen molar-refractivity contribution in [2.75, 3.05) is 13.1 Å². The molecule has 18 heavy (non-hydrogen) atoms. The maximum atomic E-state index is 12.6. The largest absolute Gasteiger partial charge is 0.316 e. The van der Waals surface area contributed by atoms with E-state index < -0.39 is 0 Å². The predicted molar refractivity (Wildman–Crippen MR) is 69.2 cm³/mol. The second-order valence-electron chi connectivity index (χ2n) is 5.29. The molecule has 1 aromatic heterocycles. The number of rotatable bonds is 5. The topological polar surface area (TPSA) is 59.8 Å². The van der Waals surface area contributed by atoms with Gasteiger partial charge in [0, 0.05) is 25.2 Å². The molecule has 1 atom stereocenters. The Kier molecular flexibility index (Phi) is 4.11. The van der Waals surface area contributed by atoms with Crippen LogP contribution in [-0.2, 0) is 18.3 Å². The van der Waals surface area contributed by atoms with Gasteiger partial charge in [-0.25, -0.2) is 0 Å². The fraction of sp³-hybridized carbons (Fsp3) is 0.769. The maximum Gasteiger partial charge on any atom is 0.146 e. The van der Waals surface area contributed by atoms with E-state index in [1.54, 1.807) is 4.68 Å². The van der Waals surface area contributed by atoms with Crippen molar-refractivity contribution in [2.45, 2.75) is 39.0 Å². The molecule has 0 aromatic carbocycles. The van der Waals surface area contributed by atoms with Crippen LogP contribution >= 0.6 is 0 Å². The van der Waals surface area contributed by atoms with Crippen LogP contribution in [0.25, 0.3) is 0 Å². The highest BCUT2D eigenvalue weighted by Crippen LogP contribution is 2.33. The van der Waals surface area contributed by atoms with E-state index in [-0.39, 0.29) is 5.41 Å². The van der Waals surface area contributed by atoms with Gasteiger partial charge < -0.3 is 5.32 Å². The molecule has 0 radical (unpaired) electrons. The van der Waals surface area contributed by atoms with Crippen LogP contribution in [0.2, 0.25) is 0 Å². The normalized spacial score (nSPS) is 24.1. The fourth-order valence-electron chi connectivity index (χ4n) is 2.87. The number of carbonyl (C=O) groups excluding carboxylic acids is 1. The van der Waals surface area contributed by atoms with Gasteiger partial charge in [-0.15, -0.1) is 5.10 Å².